The van der Waals surface area contributed by atoms with E-state index in [0.717, 1.165) is 43.2 Å². The normalized spacial score (nSPS) is 23.6. The molecule has 0 bridgehead atoms. The number of likely N-dealkylation sites (tertiary alicyclic amines) is 1. The van der Waals surface area contributed by atoms with Gasteiger partial charge in [-0.2, -0.15) is 0 Å². The number of piperidine rings is 1. The first-order chi connectivity index (χ1) is 20.9. The first-order valence-electron chi connectivity index (χ1n) is 15.2. The van der Waals surface area contributed by atoms with Gasteiger partial charge in [0.25, 0.3) is 5.56 Å². The zero-order valence-electron chi connectivity index (χ0n) is 24.4. The topological polar surface area (TPSA) is 117 Å². The molecular weight excluding hydrogens is 546 g/mol. The average molecular weight is 586 g/mol. The molecule has 3 heterocycles. The summed E-state index contributed by atoms with van der Waals surface area (Å²) in [5, 5.41) is 15.6. The van der Waals surface area contributed by atoms with Crippen molar-refractivity contribution in [1.82, 2.24) is 24.7 Å². The predicted molar refractivity (Wildman–Crippen MR) is 161 cm³/mol. The molecule has 1 saturated carbocycles. The number of aliphatic hydroxyl groups is 1. The molecule has 2 N–H and O–H groups in total. The molecule has 1 spiro atoms. The molecule has 10 nitrogen and oxygen atoms in total. The molecule has 6 rings (SSSR count). The van der Waals surface area contributed by atoms with Gasteiger partial charge in [0.2, 0.25) is 0 Å². The fourth-order valence-electron chi connectivity index (χ4n) is 7.05. The van der Waals surface area contributed by atoms with Crippen molar-refractivity contribution in [3.63, 3.8) is 0 Å². The molecule has 2 unspecified atom stereocenters. The highest BCUT2D eigenvalue weighted by Crippen LogP contribution is 2.50. The van der Waals surface area contributed by atoms with Crippen molar-refractivity contribution in [3.8, 4) is 11.3 Å². The fourth-order valence-corrected chi connectivity index (χ4v) is 7.05. The van der Waals surface area contributed by atoms with Crippen LogP contribution >= 0.6 is 0 Å². The first-order valence-corrected chi connectivity index (χ1v) is 15.2. The van der Waals surface area contributed by atoms with E-state index in [1.54, 1.807) is 9.80 Å². The highest BCUT2D eigenvalue weighted by molar-refractivity contribution is 5.83. The van der Waals surface area contributed by atoms with Crippen LogP contribution in [0.25, 0.3) is 11.3 Å². The lowest BCUT2D eigenvalue weighted by molar-refractivity contribution is -0.154. The van der Waals surface area contributed by atoms with Crippen molar-refractivity contribution in [2.75, 3.05) is 32.7 Å². The van der Waals surface area contributed by atoms with Gasteiger partial charge in [-0.3, -0.25) is 9.36 Å². The molecule has 226 valence electrons. The molecular formula is C33H39N5O5. The summed E-state index contributed by atoms with van der Waals surface area (Å²) in [5.74, 6) is 0. The van der Waals surface area contributed by atoms with Crippen molar-refractivity contribution in [3.05, 3.63) is 89.0 Å². The average Bonchev–Trinajstić information content (AvgIpc) is 3.05. The number of carbonyl (C=O) groups is 2. The highest BCUT2D eigenvalue weighted by Gasteiger charge is 2.55. The Morgan fingerprint density at radius 2 is 1.63 bits per heavy atom. The second-order valence-corrected chi connectivity index (χ2v) is 12.1. The summed E-state index contributed by atoms with van der Waals surface area (Å²) in [4.78, 5) is 47.2. The number of nitrogens with zero attached hydrogens (tertiary/aromatic N) is 4. The smallest absolute Gasteiger partial charge is 0.387 e. The molecule has 43 heavy (non-hydrogen) atoms. The summed E-state index contributed by atoms with van der Waals surface area (Å²) in [6.45, 7) is 2.05. The molecule has 10 heteroatoms. The van der Waals surface area contributed by atoms with Crippen LogP contribution in [0.15, 0.2) is 77.9 Å². The zero-order valence-corrected chi connectivity index (χ0v) is 24.4. The maximum Gasteiger partial charge on any atom is 0.418 e. The number of aromatic nitrogens is 2. The van der Waals surface area contributed by atoms with Crippen molar-refractivity contribution >= 4 is 12.2 Å². The van der Waals surface area contributed by atoms with Gasteiger partial charge >= 0.3 is 12.2 Å². The number of piperazine rings is 1. The molecule has 2 aromatic carbocycles. The van der Waals surface area contributed by atoms with Crippen LogP contribution < -0.4 is 10.9 Å². The van der Waals surface area contributed by atoms with E-state index in [1.165, 1.54) is 17.0 Å². The third-order valence-corrected chi connectivity index (χ3v) is 9.54. The molecule has 3 aromatic rings. The Morgan fingerprint density at radius 3 is 2.35 bits per heavy atom. The van der Waals surface area contributed by atoms with Crippen LogP contribution in [-0.4, -0.2) is 75.0 Å². The third-order valence-electron chi connectivity index (χ3n) is 9.54. The van der Waals surface area contributed by atoms with Crippen molar-refractivity contribution in [2.45, 2.75) is 56.7 Å². The molecule has 2 aliphatic heterocycles. The van der Waals surface area contributed by atoms with Gasteiger partial charge in [-0.15, -0.1) is 0 Å². The fraction of sp³-hybridized carbons (Fsp3) is 0.455. The number of hydrogen-bond donors (Lipinski definition) is 2. The second-order valence-electron chi connectivity index (χ2n) is 12.1. The summed E-state index contributed by atoms with van der Waals surface area (Å²) < 4.78 is 6.89. The minimum atomic E-state index is -1.21. The molecule has 1 aromatic heterocycles. The van der Waals surface area contributed by atoms with Gasteiger partial charge in [-0.1, -0.05) is 79.9 Å². The maximum absolute atomic E-state index is 13.3. The molecule has 2 saturated heterocycles. The largest absolute Gasteiger partial charge is 0.418 e. The van der Waals surface area contributed by atoms with E-state index in [1.807, 2.05) is 60.7 Å². The number of amides is 2. The number of carbonyl (C=O) groups excluding carboxylic acids is 2. The van der Waals surface area contributed by atoms with Gasteiger partial charge in [-0.25, -0.2) is 14.6 Å². The second kappa shape index (κ2) is 12.3. The Morgan fingerprint density at radius 1 is 0.930 bits per heavy atom. The summed E-state index contributed by atoms with van der Waals surface area (Å²) >= 11 is 0. The van der Waals surface area contributed by atoms with Gasteiger partial charge in [0.1, 0.15) is 0 Å². The molecule has 3 aliphatic rings. The molecule has 3 fully saturated rings. The Kier molecular flexibility index (Phi) is 8.32. The van der Waals surface area contributed by atoms with Crippen LogP contribution in [0, 0.1) is 5.41 Å². The third kappa shape index (κ3) is 6.07. The lowest BCUT2D eigenvalue weighted by Gasteiger charge is -2.55. The van der Waals surface area contributed by atoms with Crippen LogP contribution in [0.3, 0.4) is 0 Å². The van der Waals surface area contributed by atoms with Crippen LogP contribution in [0.1, 0.15) is 50.1 Å². The molecule has 1 aliphatic carbocycles. The summed E-state index contributed by atoms with van der Waals surface area (Å²) in [6.07, 6.45) is 4.79. The lowest BCUT2D eigenvalue weighted by atomic mass is 9.60. The Balaban J connectivity index is 1.14. The van der Waals surface area contributed by atoms with E-state index >= 15 is 0 Å². The van der Waals surface area contributed by atoms with Crippen LogP contribution in [0.2, 0.25) is 0 Å². The minimum Gasteiger partial charge on any atom is -0.387 e. The molecule has 2 atom stereocenters. The standard InChI is InChI=1S/C33H39N5O5/c39-29-20-27(25-10-4-1-5-11-25)35-24-38(29)23-33(42)16-18-37(22-32(33)14-8-3-9-15-32)31(41)43-30(40)36-19-17-34-28(21-36)26-12-6-2-7-13-26/h1-2,4-7,10-13,20,24,28,34,42H,3,8-9,14-19,21-23H2. The van der Waals surface area contributed by atoms with Gasteiger partial charge in [-0.05, 0) is 24.8 Å². The Bertz CT molecular complexity index is 1490. The molecule has 0 radical (unpaired) electrons. The first kappa shape index (κ1) is 29.1. The Hall–Kier alpha value is -4.02. The van der Waals surface area contributed by atoms with Gasteiger partial charge in [0, 0.05) is 49.8 Å². The monoisotopic (exact) mass is 585 g/mol. The summed E-state index contributed by atoms with van der Waals surface area (Å²) in [7, 11) is 0. The van der Waals surface area contributed by atoms with Gasteiger partial charge < -0.3 is 25.0 Å². The highest BCUT2D eigenvalue weighted by atomic mass is 16.6. The van der Waals surface area contributed by atoms with Crippen molar-refractivity contribution in [1.29, 1.82) is 0 Å². The van der Waals surface area contributed by atoms with E-state index in [2.05, 4.69) is 10.3 Å². The number of rotatable bonds is 4. The van der Waals surface area contributed by atoms with Crippen molar-refractivity contribution in [2.24, 2.45) is 5.41 Å². The van der Waals surface area contributed by atoms with E-state index in [9.17, 15) is 19.5 Å². The number of ether oxygens (including phenoxy) is 1. The maximum atomic E-state index is 13.3. The minimum absolute atomic E-state index is 0.0345. The SMILES string of the molecule is O=C(OC(=O)N1CCC(O)(Cn2cnc(-c3ccccc3)cc2=O)C2(CCCCC2)C1)N1CCNC(c2ccccc2)C1. The predicted octanol–water partition coefficient (Wildman–Crippen LogP) is 4.20. The van der Waals surface area contributed by atoms with E-state index in [0.29, 0.717) is 25.3 Å². The molecule has 2 amide bonds. The van der Waals surface area contributed by atoms with Crippen LogP contribution in [-0.2, 0) is 11.3 Å². The van der Waals surface area contributed by atoms with E-state index < -0.39 is 23.2 Å². The number of hydrogen-bond acceptors (Lipinski definition) is 7. The number of benzene rings is 2. The van der Waals surface area contributed by atoms with E-state index in [-0.39, 0.29) is 37.7 Å². The summed E-state index contributed by atoms with van der Waals surface area (Å²) in [5.41, 5.74) is 0.455. The van der Waals surface area contributed by atoms with Crippen molar-refractivity contribution < 1.29 is 19.4 Å². The zero-order chi connectivity index (χ0) is 29.9. The van der Waals surface area contributed by atoms with Gasteiger partial charge in [0.15, 0.2) is 0 Å². The number of nitrogens with one attached hydrogen (secondary N) is 1. The van der Waals surface area contributed by atoms with Crippen LogP contribution in [0.4, 0.5) is 9.59 Å². The lowest BCUT2D eigenvalue weighted by Crippen LogP contribution is -2.64. The van der Waals surface area contributed by atoms with Gasteiger partial charge in [0.05, 0.1) is 30.2 Å². The van der Waals surface area contributed by atoms with E-state index in [4.69, 9.17) is 4.74 Å². The van der Waals surface area contributed by atoms with Crippen LogP contribution in [0.5, 0.6) is 0 Å². The Labute approximate surface area is 251 Å². The quantitative estimate of drug-likeness (QED) is 0.441. The summed E-state index contributed by atoms with van der Waals surface area (Å²) in [6, 6.07) is 20.9.